The average Bonchev–Trinajstić information content (AvgIpc) is 3.55. The first-order valence-electron chi connectivity index (χ1n) is 13.1. The minimum Gasteiger partial charge on any atom is -0.456 e. The number of benzene rings is 1. The molecule has 0 N–H and O–H groups in total. The highest BCUT2D eigenvalue weighted by molar-refractivity contribution is 5.94. The summed E-state index contributed by atoms with van der Waals surface area (Å²) in [6.45, 7) is 2.34. The summed E-state index contributed by atoms with van der Waals surface area (Å²) in [4.78, 5) is 44.1. The summed E-state index contributed by atoms with van der Waals surface area (Å²) < 4.78 is 12.1. The molecule has 0 spiro atoms. The lowest BCUT2D eigenvalue weighted by Gasteiger charge is -2.22. The van der Waals surface area contributed by atoms with Crippen molar-refractivity contribution in [3.8, 4) is 17.2 Å². The fourth-order valence-electron chi connectivity index (χ4n) is 6.63. The van der Waals surface area contributed by atoms with Crippen molar-refractivity contribution < 1.29 is 23.9 Å². The van der Waals surface area contributed by atoms with Gasteiger partial charge in [0, 0.05) is 49.8 Å². The Hall–Kier alpha value is -4.79. The number of pyridine rings is 1. The molecule has 202 valence electrons. The van der Waals surface area contributed by atoms with Crippen LogP contribution in [0.5, 0.6) is 0 Å². The summed E-state index contributed by atoms with van der Waals surface area (Å²) in [5.74, 6) is -0.717. The van der Waals surface area contributed by atoms with Crippen LogP contribution in [0.4, 0.5) is 10.5 Å². The zero-order valence-electron chi connectivity index (χ0n) is 21.6. The van der Waals surface area contributed by atoms with Gasteiger partial charge in [-0.2, -0.15) is 5.26 Å². The fraction of sp³-hybridized carbons (Fsp3) is 0.393. The van der Waals surface area contributed by atoms with Crippen LogP contribution in [0.2, 0.25) is 0 Å². The van der Waals surface area contributed by atoms with E-state index in [1.54, 1.807) is 33.1 Å². The van der Waals surface area contributed by atoms with Crippen molar-refractivity contribution in [2.24, 2.45) is 11.8 Å². The van der Waals surface area contributed by atoms with Crippen molar-refractivity contribution >= 4 is 23.7 Å². The van der Waals surface area contributed by atoms with Crippen molar-refractivity contribution in [1.82, 2.24) is 24.9 Å². The van der Waals surface area contributed by atoms with Gasteiger partial charge in [0.25, 0.3) is 5.91 Å². The monoisotopic (exact) mass is 539 g/mol. The normalized spacial score (nSPS) is 27.4. The minimum atomic E-state index is -0.709. The number of ether oxygens (including phenoxy) is 2. The Morgan fingerprint density at radius 1 is 1.20 bits per heavy atom. The van der Waals surface area contributed by atoms with Gasteiger partial charge in [0.05, 0.1) is 36.2 Å². The van der Waals surface area contributed by atoms with Crippen molar-refractivity contribution in [3.05, 3.63) is 60.2 Å². The highest BCUT2D eigenvalue weighted by atomic mass is 16.6. The second-order valence-corrected chi connectivity index (χ2v) is 10.7. The van der Waals surface area contributed by atoms with Crippen LogP contribution in [0, 0.1) is 23.2 Å². The first kappa shape index (κ1) is 24.3. The van der Waals surface area contributed by atoms with E-state index in [9.17, 15) is 19.6 Å². The van der Waals surface area contributed by atoms with Gasteiger partial charge < -0.3 is 14.4 Å². The summed E-state index contributed by atoms with van der Waals surface area (Å²) in [7, 11) is 0. The molecule has 7 rings (SSSR count). The number of amides is 2. The van der Waals surface area contributed by atoms with Crippen LogP contribution < -0.4 is 4.90 Å². The Kier molecular flexibility index (Phi) is 5.38. The molecule has 0 bridgehead atoms. The van der Waals surface area contributed by atoms with E-state index < -0.39 is 11.4 Å². The number of likely N-dealkylation sites (tertiary alicyclic amines) is 1. The zero-order valence-corrected chi connectivity index (χ0v) is 21.6. The minimum absolute atomic E-state index is 0.0100. The van der Waals surface area contributed by atoms with Crippen molar-refractivity contribution in [3.63, 3.8) is 0 Å². The van der Waals surface area contributed by atoms with Gasteiger partial charge in [-0.05, 0) is 35.7 Å². The molecule has 12 nitrogen and oxygen atoms in total. The van der Waals surface area contributed by atoms with Crippen LogP contribution in [0.25, 0.3) is 11.1 Å². The predicted octanol–water partition coefficient (Wildman–Crippen LogP) is 1.70. The molecule has 5 atom stereocenters. The van der Waals surface area contributed by atoms with Gasteiger partial charge in [0.15, 0.2) is 6.61 Å². The number of aromatic nitrogens is 4. The van der Waals surface area contributed by atoms with E-state index in [-0.39, 0.29) is 42.6 Å². The van der Waals surface area contributed by atoms with Gasteiger partial charge in [0.1, 0.15) is 11.5 Å². The first-order valence-corrected chi connectivity index (χ1v) is 13.1. The molecule has 12 heteroatoms. The van der Waals surface area contributed by atoms with Gasteiger partial charge in [0.2, 0.25) is 0 Å². The van der Waals surface area contributed by atoms with E-state index >= 15 is 0 Å². The predicted molar refractivity (Wildman–Crippen MR) is 137 cm³/mol. The van der Waals surface area contributed by atoms with Gasteiger partial charge in [-0.15, -0.1) is 5.10 Å². The molecular weight excluding hydrogens is 514 g/mol. The number of cyclic esters (lactones) is 1. The lowest BCUT2D eigenvalue weighted by molar-refractivity contribution is -0.150. The molecule has 2 saturated heterocycles. The average molecular weight is 540 g/mol. The highest BCUT2D eigenvalue weighted by Gasteiger charge is 2.71. The Morgan fingerprint density at radius 3 is 2.67 bits per heavy atom. The maximum Gasteiger partial charge on any atom is 0.415 e. The number of fused-ring (bicyclic) bond motifs is 4. The largest absolute Gasteiger partial charge is 0.456 e. The molecule has 3 aliphatic heterocycles. The summed E-state index contributed by atoms with van der Waals surface area (Å²) in [5.41, 5.74) is 3.81. The topological polar surface area (TPSA) is 144 Å². The molecule has 3 aromatic rings. The number of hydrogen-bond donors (Lipinski definition) is 0. The van der Waals surface area contributed by atoms with E-state index in [2.05, 4.69) is 22.4 Å². The van der Waals surface area contributed by atoms with E-state index in [0.29, 0.717) is 31.7 Å². The van der Waals surface area contributed by atoms with Gasteiger partial charge in [-0.1, -0.05) is 17.3 Å². The fourth-order valence-corrected chi connectivity index (χ4v) is 6.63. The number of piperidine rings is 1. The third kappa shape index (κ3) is 3.65. The summed E-state index contributed by atoms with van der Waals surface area (Å²) in [6.07, 6.45) is 5.13. The van der Waals surface area contributed by atoms with Crippen LogP contribution in [0.15, 0.2) is 48.9 Å². The Morgan fingerprint density at radius 2 is 2.00 bits per heavy atom. The molecule has 40 heavy (non-hydrogen) atoms. The van der Waals surface area contributed by atoms with E-state index in [0.717, 1.165) is 22.4 Å². The molecule has 1 saturated carbocycles. The van der Waals surface area contributed by atoms with E-state index in [4.69, 9.17) is 14.5 Å². The second-order valence-electron chi connectivity index (χ2n) is 10.7. The van der Waals surface area contributed by atoms with Crippen molar-refractivity contribution in [1.29, 1.82) is 5.26 Å². The van der Waals surface area contributed by atoms with E-state index in [1.165, 1.54) is 6.92 Å². The van der Waals surface area contributed by atoms with Crippen LogP contribution in [-0.4, -0.2) is 74.7 Å². The summed E-state index contributed by atoms with van der Waals surface area (Å²) >= 11 is 0. The van der Waals surface area contributed by atoms with Crippen LogP contribution >= 0.6 is 0 Å². The van der Waals surface area contributed by atoms with Gasteiger partial charge in [-0.25, -0.2) is 9.48 Å². The number of carbonyl (C=O) groups excluding carboxylic acids is 3. The maximum absolute atomic E-state index is 12.7. The third-order valence-corrected chi connectivity index (χ3v) is 8.65. The molecule has 5 heterocycles. The standard InChI is InChI=1S/C28H25N7O5/c1-16(36)39-14-26(37)33-11-20-21(12-33)28(20,15-29)25-5-3-18(10-30-25)17-2-4-22-19(8-17)9-23-24(40-27(38)35(22)23)13-34-7-6-31-32-34/h2-8,10,20-21,23-24H,9,11-14H2,1H3/t20-,21+,23-,24-,28+/m0/s1. The molecule has 0 unspecified atom stereocenters. The molecule has 1 aromatic carbocycles. The number of anilines is 1. The van der Waals surface area contributed by atoms with Gasteiger partial charge >= 0.3 is 12.1 Å². The summed E-state index contributed by atoms with van der Waals surface area (Å²) in [6, 6.07) is 12.2. The zero-order chi connectivity index (χ0) is 27.6. The van der Waals surface area contributed by atoms with Crippen LogP contribution in [0.1, 0.15) is 18.2 Å². The van der Waals surface area contributed by atoms with Crippen LogP contribution in [0.3, 0.4) is 0 Å². The lowest BCUT2D eigenvalue weighted by Crippen LogP contribution is -2.37. The number of nitrogens with zero attached hydrogens (tertiary/aromatic N) is 7. The molecule has 4 aliphatic rings. The smallest absolute Gasteiger partial charge is 0.415 e. The highest BCUT2D eigenvalue weighted by Crippen LogP contribution is 2.62. The summed E-state index contributed by atoms with van der Waals surface area (Å²) in [5, 5.41) is 17.9. The Balaban J connectivity index is 1.05. The third-order valence-electron chi connectivity index (χ3n) is 8.65. The van der Waals surface area contributed by atoms with Crippen molar-refractivity contribution in [2.45, 2.75) is 37.5 Å². The Bertz CT molecular complexity index is 1550. The number of carbonyl (C=O) groups is 3. The van der Waals surface area contributed by atoms with Crippen LogP contribution in [-0.2, 0) is 37.4 Å². The molecule has 2 aromatic heterocycles. The lowest BCUT2D eigenvalue weighted by atomic mass is 9.95. The molecule has 2 amide bonds. The van der Waals surface area contributed by atoms with Crippen molar-refractivity contribution in [2.75, 3.05) is 24.6 Å². The second kappa shape index (κ2) is 8.87. The van der Waals surface area contributed by atoms with E-state index in [1.807, 2.05) is 24.3 Å². The first-order chi connectivity index (χ1) is 19.4. The van der Waals surface area contributed by atoms with Gasteiger partial charge in [-0.3, -0.25) is 19.5 Å². The maximum atomic E-state index is 12.7. The molecular formula is C28H25N7O5. The molecule has 0 radical (unpaired) electrons. The number of rotatable bonds is 6. The Labute approximate surface area is 229 Å². The molecule has 1 aliphatic carbocycles. The number of nitriles is 1. The number of hydrogen-bond acceptors (Lipinski definition) is 9. The number of esters is 1. The quantitative estimate of drug-likeness (QED) is 0.428. The molecule has 3 fully saturated rings. The SMILES string of the molecule is CC(=O)OCC(=O)N1C[C@@H]2[C@H](C1)[C@@]2(C#N)c1ccc(-c2ccc3c(c2)C[C@H]2[C@H](Cn4ccnn4)OC(=O)N32)cn1.